The molecule has 0 fully saturated rings. The smallest absolute Gasteiger partial charge is 0.102 e. The van der Waals surface area contributed by atoms with Gasteiger partial charge < -0.3 is 0 Å². The Balaban J connectivity index is 2.00. The number of rotatable bonds is 3. The molecule has 0 saturated carbocycles. The number of aromatic nitrogens is 1. The molecule has 0 radical (unpaired) electrons. The van der Waals surface area contributed by atoms with E-state index in [1.165, 1.54) is 0 Å². The van der Waals surface area contributed by atoms with Crippen LogP contribution in [-0.2, 0) is 5.75 Å². The molecule has 0 atom stereocenters. The van der Waals surface area contributed by atoms with Crippen LogP contribution in [0, 0.1) is 11.3 Å². The Kier molecular flexibility index (Phi) is 4.10. The molecule has 0 unspecified atom stereocenters. The minimum Gasteiger partial charge on any atom is -0.255 e. The number of benzene rings is 2. The molecule has 0 aliphatic carbocycles. The topological polar surface area (TPSA) is 36.7 Å². The van der Waals surface area contributed by atoms with Crippen molar-refractivity contribution in [1.82, 2.24) is 4.98 Å². The van der Waals surface area contributed by atoms with Gasteiger partial charge in [-0.25, -0.2) is 0 Å². The Labute approximate surface area is 132 Å². The zero-order valence-corrected chi connectivity index (χ0v) is 12.7. The molecule has 0 aliphatic rings. The fourth-order valence-corrected chi connectivity index (χ4v) is 3.53. The molecule has 0 spiro atoms. The van der Waals surface area contributed by atoms with Gasteiger partial charge in [0, 0.05) is 27.3 Å². The average molecular weight is 311 g/mol. The third-order valence-electron chi connectivity index (χ3n) is 3.18. The highest BCUT2D eigenvalue weighted by molar-refractivity contribution is 7.98. The van der Waals surface area contributed by atoms with Crippen LogP contribution in [0.25, 0.3) is 10.9 Å². The van der Waals surface area contributed by atoms with Crippen LogP contribution in [0.5, 0.6) is 0 Å². The van der Waals surface area contributed by atoms with Crippen LogP contribution < -0.4 is 0 Å². The van der Waals surface area contributed by atoms with Crippen LogP contribution >= 0.6 is 23.4 Å². The van der Waals surface area contributed by atoms with E-state index in [1.807, 2.05) is 48.5 Å². The Bertz CT molecular complexity index is 840. The highest BCUT2D eigenvalue weighted by atomic mass is 35.5. The summed E-state index contributed by atoms with van der Waals surface area (Å²) >= 11 is 7.81. The van der Waals surface area contributed by atoms with E-state index in [9.17, 15) is 5.26 Å². The van der Waals surface area contributed by atoms with Crippen LogP contribution in [0.15, 0.2) is 59.6 Å². The third-order valence-corrected chi connectivity index (χ3v) is 4.73. The van der Waals surface area contributed by atoms with Gasteiger partial charge in [0.2, 0.25) is 0 Å². The van der Waals surface area contributed by atoms with Crippen LogP contribution in [0.3, 0.4) is 0 Å². The van der Waals surface area contributed by atoms with Gasteiger partial charge in [-0.3, -0.25) is 4.98 Å². The summed E-state index contributed by atoms with van der Waals surface area (Å²) in [6.45, 7) is 0. The van der Waals surface area contributed by atoms with E-state index in [1.54, 1.807) is 18.0 Å². The highest BCUT2D eigenvalue weighted by Crippen LogP contribution is 2.33. The van der Waals surface area contributed by atoms with E-state index in [2.05, 4.69) is 11.1 Å². The Morgan fingerprint density at radius 1 is 1.10 bits per heavy atom. The maximum atomic E-state index is 9.30. The lowest BCUT2D eigenvalue weighted by Crippen LogP contribution is -1.89. The number of nitrogens with zero attached hydrogens (tertiary/aromatic N) is 2. The van der Waals surface area contributed by atoms with Crippen LogP contribution in [0.1, 0.15) is 11.1 Å². The molecule has 102 valence electrons. The summed E-state index contributed by atoms with van der Waals surface area (Å²) in [5.41, 5.74) is 2.57. The predicted octanol–water partition coefficient (Wildman–Crippen LogP) is 5.05. The maximum absolute atomic E-state index is 9.30. The number of nitriles is 1. The molecule has 21 heavy (non-hydrogen) atoms. The van der Waals surface area contributed by atoms with E-state index >= 15 is 0 Å². The monoisotopic (exact) mass is 310 g/mol. The lowest BCUT2D eigenvalue weighted by atomic mass is 10.2. The molecule has 1 heterocycles. The number of halogens is 1. The Morgan fingerprint density at radius 2 is 1.86 bits per heavy atom. The number of para-hydroxylation sites is 1. The first-order valence-corrected chi connectivity index (χ1v) is 7.80. The lowest BCUT2D eigenvalue weighted by molar-refractivity contribution is 1.29. The van der Waals surface area contributed by atoms with Crippen molar-refractivity contribution >= 4 is 34.3 Å². The number of hydrogen-bond acceptors (Lipinski definition) is 3. The van der Waals surface area contributed by atoms with E-state index in [-0.39, 0.29) is 0 Å². The summed E-state index contributed by atoms with van der Waals surface area (Å²) in [7, 11) is 0. The molecule has 3 aromatic rings. The summed E-state index contributed by atoms with van der Waals surface area (Å²) in [5.74, 6) is 0.725. The summed E-state index contributed by atoms with van der Waals surface area (Å²) in [4.78, 5) is 5.28. The van der Waals surface area contributed by atoms with Gasteiger partial charge in [-0.05, 0) is 17.7 Å². The SMILES string of the molecule is N#Cc1cnc2ccccc2c1SCc1ccccc1Cl. The van der Waals surface area contributed by atoms with Gasteiger partial charge in [0.15, 0.2) is 0 Å². The number of thioether (sulfide) groups is 1. The fraction of sp³-hybridized carbons (Fsp3) is 0.0588. The molecule has 0 saturated heterocycles. The molecule has 0 N–H and O–H groups in total. The molecule has 4 heteroatoms. The van der Waals surface area contributed by atoms with Crippen LogP contribution in [-0.4, -0.2) is 4.98 Å². The first-order chi connectivity index (χ1) is 10.3. The van der Waals surface area contributed by atoms with Gasteiger partial charge in [-0.15, -0.1) is 11.8 Å². The molecule has 0 amide bonds. The van der Waals surface area contributed by atoms with Crippen molar-refractivity contribution in [3.05, 3.63) is 70.9 Å². The Morgan fingerprint density at radius 3 is 2.67 bits per heavy atom. The maximum Gasteiger partial charge on any atom is 0.102 e. The van der Waals surface area contributed by atoms with Crippen molar-refractivity contribution in [3.63, 3.8) is 0 Å². The normalized spacial score (nSPS) is 10.5. The standard InChI is InChI=1S/C17H11ClN2S/c18-15-7-3-1-5-12(15)11-21-17-13(9-19)10-20-16-8-4-2-6-14(16)17/h1-8,10H,11H2. The van der Waals surface area contributed by atoms with E-state index in [0.717, 1.165) is 32.1 Å². The van der Waals surface area contributed by atoms with Gasteiger partial charge in [-0.2, -0.15) is 5.26 Å². The third kappa shape index (κ3) is 2.87. The zero-order chi connectivity index (χ0) is 14.7. The fourth-order valence-electron chi connectivity index (χ4n) is 2.12. The molecular formula is C17H11ClN2S. The molecule has 3 rings (SSSR count). The van der Waals surface area contributed by atoms with Crippen molar-refractivity contribution in [3.8, 4) is 6.07 Å². The number of pyridine rings is 1. The van der Waals surface area contributed by atoms with Crippen LogP contribution in [0.2, 0.25) is 5.02 Å². The minimum atomic E-state index is 0.603. The Hall–Kier alpha value is -2.02. The van der Waals surface area contributed by atoms with Gasteiger partial charge in [0.1, 0.15) is 6.07 Å². The molecular weight excluding hydrogens is 300 g/mol. The second-order valence-electron chi connectivity index (χ2n) is 4.51. The van der Waals surface area contributed by atoms with Crippen molar-refractivity contribution in [2.24, 2.45) is 0 Å². The first-order valence-electron chi connectivity index (χ1n) is 6.43. The quantitative estimate of drug-likeness (QED) is 0.635. The van der Waals surface area contributed by atoms with Gasteiger partial charge in [-0.1, -0.05) is 48.0 Å². The molecule has 2 aromatic carbocycles. The molecule has 1 aromatic heterocycles. The molecule has 0 aliphatic heterocycles. The van der Waals surface area contributed by atoms with Crippen molar-refractivity contribution in [2.75, 3.05) is 0 Å². The molecule has 0 bridgehead atoms. The summed E-state index contributed by atoms with van der Waals surface area (Å²) in [5, 5.41) is 11.1. The summed E-state index contributed by atoms with van der Waals surface area (Å²) in [6, 6.07) is 17.9. The predicted molar refractivity (Wildman–Crippen MR) is 87.5 cm³/mol. The van der Waals surface area contributed by atoms with Crippen molar-refractivity contribution < 1.29 is 0 Å². The van der Waals surface area contributed by atoms with Crippen LogP contribution in [0.4, 0.5) is 0 Å². The van der Waals surface area contributed by atoms with E-state index in [4.69, 9.17) is 11.6 Å². The zero-order valence-electron chi connectivity index (χ0n) is 11.1. The summed E-state index contributed by atoms with van der Waals surface area (Å²) < 4.78 is 0. The van der Waals surface area contributed by atoms with Crippen molar-refractivity contribution in [2.45, 2.75) is 10.6 Å². The second kappa shape index (κ2) is 6.17. The average Bonchev–Trinajstić information content (AvgIpc) is 2.53. The lowest BCUT2D eigenvalue weighted by Gasteiger charge is -2.09. The summed E-state index contributed by atoms with van der Waals surface area (Å²) in [6.07, 6.45) is 1.64. The highest BCUT2D eigenvalue weighted by Gasteiger charge is 2.10. The number of hydrogen-bond donors (Lipinski definition) is 0. The second-order valence-corrected chi connectivity index (χ2v) is 5.90. The van der Waals surface area contributed by atoms with E-state index in [0.29, 0.717) is 5.56 Å². The first kappa shape index (κ1) is 13.9. The van der Waals surface area contributed by atoms with Gasteiger partial charge >= 0.3 is 0 Å². The van der Waals surface area contributed by atoms with Crippen molar-refractivity contribution in [1.29, 1.82) is 5.26 Å². The largest absolute Gasteiger partial charge is 0.255 e. The van der Waals surface area contributed by atoms with Gasteiger partial charge in [0.05, 0.1) is 11.1 Å². The minimum absolute atomic E-state index is 0.603. The number of fused-ring (bicyclic) bond motifs is 1. The molecule has 2 nitrogen and oxygen atoms in total. The van der Waals surface area contributed by atoms with Gasteiger partial charge in [0.25, 0.3) is 0 Å². The van der Waals surface area contributed by atoms with E-state index < -0.39 is 0 Å².